The third kappa shape index (κ3) is 3.48. The van der Waals surface area contributed by atoms with Crippen molar-refractivity contribution in [3.63, 3.8) is 0 Å². The van der Waals surface area contributed by atoms with Gasteiger partial charge in [-0.05, 0) is 44.6 Å². The molecule has 2 atom stereocenters. The second-order valence-electron chi connectivity index (χ2n) is 4.34. The van der Waals surface area contributed by atoms with Crippen LogP contribution in [-0.2, 0) is 0 Å². The Kier molecular flexibility index (Phi) is 5.26. The lowest BCUT2D eigenvalue weighted by molar-refractivity contribution is 0.219. The zero-order valence-corrected chi connectivity index (χ0v) is 11.0. The van der Waals surface area contributed by atoms with Crippen LogP contribution < -0.4 is 5.73 Å². The summed E-state index contributed by atoms with van der Waals surface area (Å²) in [4.78, 5) is 2.29. The lowest BCUT2D eigenvalue weighted by Crippen LogP contribution is -2.37. The van der Waals surface area contributed by atoms with Crippen LogP contribution in [-0.4, -0.2) is 24.5 Å². The summed E-state index contributed by atoms with van der Waals surface area (Å²) < 4.78 is 0. The molecular weight excluding hydrogens is 220 g/mol. The number of likely N-dealkylation sites (N-methyl/N-ethyl adjacent to an activating group) is 1. The highest BCUT2D eigenvalue weighted by Gasteiger charge is 2.20. The van der Waals surface area contributed by atoms with Gasteiger partial charge in [-0.1, -0.05) is 30.7 Å². The molecule has 0 amide bonds. The van der Waals surface area contributed by atoms with Gasteiger partial charge in [-0.25, -0.2) is 0 Å². The first-order chi connectivity index (χ1) is 7.56. The van der Waals surface area contributed by atoms with Crippen molar-refractivity contribution in [3.05, 3.63) is 34.9 Å². The van der Waals surface area contributed by atoms with E-state index in [1.165, 1.54) is 5.56 Å². The van der Waals surface area contributed by atoms with Crippen LogP contribution in [0.15, 0.2) is 24.3 Å². The van der Waals surface area contributed by atoms with E-state index in [0.29, 0.717) is 0 Å². The van der Waals surface area contributed by atoms with Gasteiger partial charge in [0.1, 0.15) is 0 Å². The summed E-state index contributed by atoms with van der Waals surface area (Å²) in [6, 6.07) is 8.29. The molecule has 2 N–H and O–H groups in total. The molecule has 16 heavy (non-hydrogen) atoms. The van der Waals surface area contributed by atoms with E-state index in [4.69, 9.17) is 17.3 Å². The molecule has 1 rings (SSSR count). The highest BCUT2D eigenvalue weighted by Crippen LogP contribution is 2.24. The lowest BCUT2D eigenvalue weighted by atomic mass is 9.99. The van der Waals surface area contributed by atoms with Gasteiger partial charge in [-0.3, -0.25) is 4.90 Å². The SMILES string of the molecule is CCCN(C)C(c1cccc(Cl)c1)C(C)N. The van der Waals surface area contributed by atoms with Gasteiger partial charge in [-0.2, -0.15) is 0 Å². The number of hydrogen-bond donors (Lipinski definition) is 1. The van der Waals surface area contributed by atoms with Gasteiger partial charge in [0.25, 0.3) is 0 Å². The van der Waals surface area contributed by atoms with E-state index >= 15 is 0 Å². The number of hydrogen-bond acceptors (Lipinski definition) is 2. The van der Waals surface area contributed by atoms with Gasteiger partial charge in [0.2, 0.25) is 0 Å². The summed E-state index contributed by atoms with van der Waals surface area (Å²) in [7, 11) is 2.11. The van der Waals surface area contributed by atoms with E-state index in [1.807, 2.05) is 25.1 Å². The predicted octanol–water partition coefficient (Wildman–Crippen LogP) is 3.07. The van der Waals surface area contributed by atoms with Gasteiger partial charge in [0, 0.05) is 17.1 Å². The van der Waals surface area contributed by atoms with Crippen LogP contribution in [0.3, 0.4) is 0 Å². The van der Waals surface area contributed by atoms with Gasteiger partial charge < -0.3 is 5.73 Å². The third-order valence-corrected chi connectivity index (χ3v) is 2.97. The Morgan fingerprint density at radius 3 is 2.62 bits per heavy atom. The van der Waals surface area contributed by atoms with Crippen LogP contribution in [0.25, 0.3) is 0 Å². The Morgan fingerprint density at radius 1 is 1.44 bits per heavy atom. The molecule has 0 spiro atoms. The van der Waals surface area contributed by atoms with Gasteiger partial charge >= 0.3 is 0 Å². The number of nitrogens with zero attached hydrogens (tertiary/aromatic N) is 1. The molecule has 0 saturated carbocycles. The molecule has 0 fully saturated rings. The van der Waals surface area contributed by atoms with Gasteiger partial charge in [0.05, 0.1) is 0 Å². The van der Waals surface area contributed by atoms with Crippen LogP contribution >= 0.6 is 11.6 Å². The molecule has 0 aliphatic rings. The van der Waals surface area contributed by atoms with Crippen LogP contribution in [0, 0.1) is 0 Å². The second-order valence-corrected chi connectivity index (χ2v) is 4.78. The maximum atomic E-state index is 6.07. The van der Waals surface area contributed by atoms with Crippen molar-refractivity contribution in [3.8, 4) is 0 Å². The Balaban J connectivity index is 2.93. The highest BCUT2D eigenvalue weighted by molar-refractivity contribution is 6.30. The smallest absolute Gasteiger partial charge is 0.0494 e. The fourth-order valence-corrected chi connectivity index (χ4v) is 2.34. The minimum Gasteiger partial charge on any atom is -0.326 e. The van der Waals surface area contributed by atoms with E-state index in [-0.39, 0.29) is 12.1 Å². The zero-order valence-electron chi connectivity index (χ0n) is 10.3. The summed E-state index contributed by atoms with van der Waals surface area (Å²) in [6.07, 6.45) is 1.13. The van der Waals surface area contributed by atoms with Crippen molar-refractivity contribution in [2.24, 2.45) is 5.73 Å². The minimum atomic E-state index is 0.0926. The molecule has 90 valence electrons. The first-order valence-electron chi connectivity index (χ1n) is 5.77. The summed E-state index contributed by atoms with van der Waals surface area (Å²) in [5, 5.41) is 0.771. The largest absolute Gasteiger partial charge is 0.326 e. The van der Waals surface area contributed by atoms with E-state index in [2.05, 4.69) is 24.9 Å². The quantitative estimate of drug-likeness (QED) is 0.857. The third-order valence-electron chi connectivity index (χ3n) is 2.74. The van der Waals surface area contributed by atoms with Crippen LogP contribution in [0.4, 0.5) is 0 Å². The number of nitrogens with two attached hydrogens (primary N) is 1. The number of benzene rings is 1. The highest BCUT2D eigenvalue weighted by atomic mass is 35.5. The summed E-state index contributed by atoms with van der Waals surface area (Å²) >= 11 is 6.02. The van der Waals surface area contributed by atoms with E-state index in [0.717, 1.165) is 18.0 Å². The maximum absolute atomic E-state index is 6.07. The van der Waals surface area contributed by atoms with Crippen molar-refractivity contribution in [1.29, 1.82) is 0 Å². The molecule has 0 bridgehead atoms. The van der Waals surface area contributed by atoms with Crippen LogP contribution in [0.1, 0.15) is 31.9 Å². The predicted molar refractivity (Wildman–Crippen MR) is 70.8 cm³/mol. The normalized spacial score (nSPS) is 15.1. The molecule has 0 aliphatic heterocycles. The minimum absolute atomic E-state index is 0.0926. The van der Waals surface area contributed by atoms with Crippen molar-refractivity contribution >= 4 is 11.6 Å². The Hall–Kier alpha value is -0.570. The standard InChI is InChI=1S/C13H21ClN2/c1-4-8-16(3)13(10(2)15)11-6-5-7-12(14)9-11/h5-7,9-10,13H,4,8,15H2,1-3H3. The molecule has 2 unspecified atom stereocenters. The molecule has 0 aromatic heterocycles. The molecule has 0 radical (unpaired) electrons. The van der Waals surface area contributed by atoms with Crippen LogP contribution in [0.2, 0.25) is 5.02 Å². The fraction of sp³-hybridized carbons (Fsp3) is 0.538. The van der Waals surface area contributed by atoms with Crippen molar-refractivity contribution in [2.45, 2.75) is 32.4 Å². The van der Waals surface area contributed by atoms with E-state index in [9.17, 15) is 0 Å². The molecule has 0 saturated heterocycles. The zero-order chi connectivity index (χ0) is 12.1. The van der Waals surface area contributed by atoms with Gasteiger partial charge in [-0.15, -0.1) is 0 Å². The Labute approximate surface area is 103 Å². The average Bonchev–Trinajstić information content (AvgIpc) is 2.17. The molecular formula is C13H21ClN2. The first-order valence-corrected chi connectivity index (χ1v) is 6.15. The Bertz CT molecular complexity index is 325. The average molecular weight is 241 g/mol. The Morgan fingerprint density at radius 2 is 2.12 bits per heavy atom. The van der Waals surface area contributed by atoms with Gasteiger partial charge in [0.15, 0.2) is 0 Å². The second kappa shape index (κ2) is 6.24. The van der Waals surface area contributed by atoms with Crippen LogP contribution in [0.5, 0.6) is 0 Å². The lowest BCUT2D eigenvalue weighted by Gasteiger charge is -2.31. The van der Waals surface area contributed by atoms with Crippen molar-refractivity contribution in [1.82, 2.24) is 4.90 Å². The molecule has 1 aromatic rings. The van der Waals surface area contributed by atoms with Crippen molar-refractivity contribution in [2.75, 3.05) is 13.6 Å². The summed E-state index contributed by atoms with van der Waals surface area (Å²) in [5.41, 5.74) is 7.26. The topological polar surface area (TPSA) is 29.3 Å². The van der Waals surface area contributed by atoms with E-state index < -0.39 is 0 Å². The molecule has 0 heterocycles. The molecule has 1 aromatic carbocycles. The fourth-order valence-electron chi connectivity index (χ4n) is 2.14. The number of halogens is 1. The van der Waals surface area contributed by atoms with Crippen molar-refractivity contribution < 1.29 is 0 Å². The monoisotopic (exact) mass is 240 g/mol. The van der Waals surface area contributed by atoms with E-state index in [1.54, 1.807) is 0 Å². The molecule has 0 aliphatic carbocycles. The first kappa shape index (κ1) is 13.5. The molecule has 3 heteroatoms. The number of rotatable bonds is 5. The summed E-state index contributed by atoms with van der Waals surface area (Å²) in [5.74, 6) is 0. The molecule has 2 nitrogen and oxygen atoms in total. The summed E-state index contributed by atoms with van der Waals surface area (Å²) in [6.45, 7) is 5.25. The maximum Gasteiger partial charge on any atom is 0.0494 e.